The maximum atomic E-state index is 13.7. The Labute approximate surface area is 274 Å². The number of aliphatic hydroxyl groups is 2. The molecule has 0 aliphatic carbocycles. The second-order valence-corrected chi connectivity index (χ2v) is 14.1. The predicted molar refractivity (Wildman–Crippen MR) is 173 cm³/mol. The summed E-state index contributed by atoms with van der Waals surface area (Å²) >= 11 is 0. The van der Waals surface area contributed by atoms with Crippen molar-refractivity contribution in [1.82, 2.24) is 0 Å². The van der Waals surface area contributed by atoms with Crippen molar-refractivity contribution in [3.05, 3.63) is 144 Å². The first-order chi connectivity index (χ1) is 22.8. The zero-order chi connectivity index (χ0) is 33.0. The lowest BCUT2D eigenvalue weighted by Gasteiger charge is -2.22. The number of benzene rings is 4. The fourth-order valence-electron chi connectivity index (χ4n) is 4.57. The van der Waals surface area contributed by atoms with Gasteiger partial charge in [0.1, 0.15) is 24.4 Å². The highest BCUT2D eigenvalue weighted by Crippen LogP contribution is 2.53. The lowest BCUT2D eigenvalue weighted by Crippen LogP contribution is -2.35. The first-order valence-corrected chi connectivity index (χ1v) is 18.0. The molecule has 1 unspecified atom stereocenters. The number of hydrogen-bond acceptors (Lipinski definition) is 11. The molecule has 1 aliphatic rings. The molecule has 4 aromatic rings. The standard InChI is InChI=1S/C34H38O11P2/c35-33-31(25-43-46(37,39-21-27-13-5-1-6-14-27)40-22-28-15-7-2-8-16-28)45-32(34(33)36)26-44-47(38,41-23-29-17-9-3-10-18-29)42-24-30-19-11-4-12-20-30/h1-20,31-36H,21-26H2/t31-,32+,33-,34?/m1/s1. The van der Waals surface area contributed by atoms with E-state index in [1.54, 1.807) is 48.5 Å². The monoisotopic (exact) mass is 684 g/mol. The van der Waals surface area contributed by atoms with Gasteiger partial charge in [0.15, 0.2) is 0 Å². The third-order valence-corrected chi connectivity index (χ3v) is 9.90. The highest BCUT2D eigenvalue weighted by molar-refractivity contribution is 7.48. The van der Waals surface area contributed by atoms with Crippen LogP contribution in [0.5, 0.6) is 0 Å². The van der Waals surface area contributed by atoms with Crippen LogP contribution in [0.1, 0.15) is 22.3 Å². The smallest absolute Gasteiger partial charge is 0.388 e. The van der Waals surface area contributed by atoms with Crippen molar-refractivity contribution in [3.63, 3.8) is 0 Å². The van der Waals surface area contributed by atoms with Crippen LogP contribution in [0.4, 0.5) is 0 Å². The highest BCUT2D eigenvalue weighted by atomic mass is 31.2. The van der Waals surface area contributed by atoms with Crippen molar-refractivity contribution in [2.75, 3.05) is 13.2 Å². The minimum Gasteiger partial charge on any atom is -0.388 e. The van der Waals surface area contributed by atoms with Gasteiger partial charge in [-0.05, 0) is 22.3 Å². The fourth-order valence-corrected chi connectivity index (χ4v) is 6.90. The molecule has 0 amide bonds. The summed E-state index contributed by atoms with van der Waals surface area (Å²) < 4.78 is 66.9. The van der Waals surface area contributed by atoms with E-state index in [1.807, 2.05) is 72.8 Å². The molecule has 4 aromatic carbocycles. The number of phosphoric ester groups is 2. The topological polar surface area (TPSA) is 139 Å². The van der Waals surface area contributed by atoms with E-state index in [9.17, 15) is 19.3 Å². The molecule has 250 valence electrons. The number of hydrogen-bond donors (Lipinski definition) is 2. The van der Waals surface area contributed by atoms with Gasteiger partial charge in [-0.3, -0.25) is 27.1 Å². The third-order valence-electron chi connectivity index (χ3n) is 7.18. The van der Waals surface area contributed by atoms with Gasteiger partial charge in [0.2, 0.25) is 0 Å². The van der Waals surface area contributed by atoms with E-state index in [4.69, 9.17) is 31.9 Å². The van der Waals surface area contributed by atoms with Crippen LogP contribution in [0.2, 0.25) is 0 Å². The number of phosphoric acid groups is 2. The van der Waals surface area contributed by atoms with Crippen LogP contribution in [0.15, 0.2) is 121 Å². The Hall–Kier alpha value is -3.02. The summed E-state index contributed by atoms with van der Waals surface area (Å²) in [6, 6.07) is 36.4. The van der Waals surface area contributed by atoms with Crippen molar-refractivity contribution in [1.29, 1.82) is 0 Å². The number of aliphatic hydroxyl groups excluding tert-OH is 2. The SMILES string of the molecule is O=P(OCc1ccccc1)(OCc1ccccc1)OC[C@@H]1O[C@H](COP(=O)(OCc2ccccc2)OCc2ccccc2)[C@@H](O)C1O. The molecule has 0 bridgehead atoms. The van der Waals surface area contributed by atoms with Crippen LogP contribution >= 0.6 is 15.6 Å². The fraction of sp³-hybridized carbons (Fsp3) is 0.294. The molecular formula is C34H38O11P2. The van der Waals surface area contributed by atoms with Crippen LogP contribution in [-0.2, 0) is 67.4 Å². The Morgan fingerprint density at radius 3 is 0.957 bits per heavy atom. The van der Waals surface area contributed by atoms with Gasteiger partial charge in [-0.25, -0.2) is 9.13 Å². The van der Waals surface area contributed by atoms with Crippen LogP contribution in [0, 0.1) is 0 Å². The normalized spacial score (nSPS) is 20.0. The molecule has 13 heteroatoms. The zero-order valence-corrected chi connectivity index (χ0v) is 27.4. The van der Waals surface area contributed by atoms with Gasteiger partial charge in [0.05, 0.1) is 39.6 Å². The molecule has 4 atom stereocenters. The lowest BCUT2D eigenvalue weighted by atomic mass is 10.1. The molecule has 1 heterocycles. The van der Waals surface area contributed by atoms with Crippen LogP contribution in [-0.4, -0.2) is 47.8 Å². The molecular weight excluding hydrogens is 646 g/mol. The van der Waals surface area contributed by atoms with Gasteiger partial charge in [-0.15, -0.1) is 0 Å². The molecule has 0 aromatic heterocycles. The molecule has 0 saturated carbocycles. The molecule has 11 nitrogen and oxygen atoms in total. The minimum absolute atomic E-state index is 0.0542. The Morgan fingerprint density at radius 2 is 0.702 bits per heavy atom. The van der Waals surface area contributed by atoms with Crippen LogP contribution in [0.3, 0.4) is 0 Å². The zero-order valence-electron chi connectivity index (χ0n) is 25.6. The maximum Gasteiger partial charge on any atom is 0.475 e. The summed E-state index contributed by atoms with van der Waals surface area (Å²) in [6.45, 7) is -1.10. The molecule has 1 saturated heterocycles. The summed E-state index contributed by atoms with van der Waals surface area (Å²) in [6.07, 6.45) is -5.17. The van der Waals surface area contributed by atoms with Crippen molar-refractivity contribution in [3.8, 4) is 0 Å². The van der Waals surface area contributed by atoms with Gasteiger partial charge in [0.25, 0.3) is 0 Å². The average molecular weight is 685 g/mol. The third kappa shape index (κ3) is 11.0. The maximum absolute atomic E-state index is 13.7. The molecule has 47 heavy (non-hydrogen) atoms. The average Bonchev–Trinajstić information content (AvgIpc) is 3.40. The van der Waals surface area contributed by atoms with E-state index < -0.39 is 53.3 Å². The summed E-state index contributed by atoms with van der Waals surface area (Å²) in [7, 11) is -8.35. The van der Waals surface area contributed by atoms with Crippen molar-refractivity contribution in [2.45, 2.75) is 50.8 Å². The van der Waals surface area contributed by atoms with Gasteiger partial charge >= 0.3 is 15.6 Å². The quantitative estimate of drug-likeness (QED) is 0.110. The number of rotatable bonds is 18. The predicted octanol–water partition coefficient (Wildman–Crippen LogP) is 6.59. The summed E-state index contributed by atoms with van der Waals surface area (Å²) in [5.74, 6) is 0. The van der Waals surface area contributed by atoms with Crippen molar-refractivity contribution >= 4 is 15.6 Å². The summed E-state index contributed by atoms with van der Waals surface area (Å²) in [5, 5.41) is 21.5. The van der Waals surface area contributed by atoms with Gasteiger partial charge < -0.3 is 14.9 Å². The van der Waals surface area contributed by atoms with E-state index in [-0.39, 0.29) is 26.4 Å². The Morgan fingerprint density at radius 1 is 0.447 bits per heavy atom. The lowest BCUT2D eigenvalue weighted by molar-refractivity contribution is -0.0446. The summed E-state index contributed by atoms with van der Waals surface area (Å²) in [4.78, 5) is 0. The Bertz CT molecular complexity index is 1370. The van der Waals surface area contributed by atoms with E-state index in [0.717, 1.165) is 22.3 Å². The van der Waals surface area contributed by atoms with E-state index in [0.29, 0.717) is 0 Å². The second-order valence-electron chi connectivity index (χ2n) is 10.7. The van der Waals surface area contributed by atoms with Gasteiger partial charge in [-0.1, -0.05) is 121 Å². The molecule has 0 spiro atoms. The molecule has 1 aliphatic heterocycles. The van der Waals surface area contributed by atoms with Gasteiger partial charge in [0, 0.05) is 0 Å². The van der Waals surface area contributed by atoms with Gasteiger partial charge in [-0.2, -0.15) is 0 Å². The van der Waals surface area contributed by atoms with Crippen LogP contribution in [0.25, 0.3) is 0 Å². The van der Waals surface area contributed by atoms with Crippen molar-refractivity contribution in [2.24, 2.45) is 0 Å². The van der Waals surface area contributed by atoms with E-state index >= 15 is 0 Å². The molecule has 5 rings (SSSR count). The first kappa shape index (κ1) is 35.3. The molecule has 0 radical (unpaired) electrons. The Balaban J connectivity index is 1.20. The highest BCUT2D eigenvalue weighted by Gasteiger charge is 2.45. The molecule has 1 fully saturated rings. The van der Waals surface area contributed by atoms with E-state index in [2.05, 4.69) is 0 Å². The van der Waals surface area contributed by atoms with Crippen molar-refractivity contribution < 1.29 is 51.2 Å². The number of ether oxygens (including phenoxy) is 1. The Kier molecular flexibility index (Phi) is 13.1. The summed E-state index contributed by atoms with van der Waals surface area (Å²) in [5.41, 5.74) is 2.99. The second kappa shape index (κ2) is 17.4. The van der Waals surface area contributed by atoms with E-state index in [1.165, 1.54) is 0 Å². The first-order valence-electron chi connectivity index (χ1n) is 15.1. The molecule has 2 N–H and O–H groups in total. The minimum atomic E-state index is -4.18. The largest absolute Gasteiger partial charge is 0.475 e. The van der Waals surface area contributed by atoms with Crippen LogP contribution < -0.4 is 0 Å².